The number of aliphatic hydroxyl groups excluding tert-OH is 1. The van der Waals surface area contributed by atoms with Crippen LogP contribution in [-0.4, -0.2) is 17.1 Å². The first kappa shape index (κ1) is 13.1. The molecule has 0 atom stereocenters. The van der Waals surface area contributed by atoms with Crippen LogP contribution in [0.4, 0.5) is 5.69 Å². The molecule has 1 aromatic carbocycles. The van der Waals surface area contributed by atoms with Crippen molar-refractivity contribution < 1.29 is 5.11 Å². The monoisotopic (exact) mass is 262 g/mol. The Labute approximate surface area is 112 Å². The molecular weight excluding hydrogens is 244 g/mol. The Hall–Kier alpha value is -1.39. The van der Waals surface area contributed by atoms with E-state index in [2.05, 4.69) is 29.1 Å². The van der Waals surface area contributed by atoms with Crippen molar-refractivity contribution in [2.24, 2.45) is 0 Å². The molecule has 1 N–H and O–H groups in total. The Kier molecular flexibility index (Phi) is 3.99. The molecule has 0 saturated heterocycles. The summed E-state index contributed by atoms with van der Waals surface area (Å²) in [4.78, 5) is 7.76. The second kappa shape index (κ2) is 5.50. The molecule has 0 aliphatic carbocycles. The minimum Gasteiger partial charge on any atom is -0.392 e. The first-order valence-electron chi connectivity index (χ1n) is 5.92. The third-order valence-electron chi connectivity index (χ3n) is 3.16. The normalized spacial score (nSPS) is 10.7. The highest BCUT2D eigenvalue weighted by Crippen LogP contribution is 2.22. The summed E-state index contributed by atoms with van der Waals surface area (Å²) in [6.07, 6.45) is 0. The van der Waals surface area contributed by atoms with Gasteiger partial charge < -0.3 is 10.0 Å². The molecule has 18 heavy (non-hydrogen) atoms. The molecule has 0 bridgehead atoms. The maximum Gasteiger partial charge on any atom is 0.0798 e. The molecule has 0 aliphatic rings. The average Bonchev–Trinajstić information content (AvgIpc) is 2.75. The van der Waals surface area contributed by atoms with E-state index in [1.54, 1.807) is 11.3 Å². The number of nitrogens with zero attached hydrogens (tertiary/aromatic N) is 2. The first-order valence-corrected chi connectivity index (χ1v) is 6.80. The van der Waals surface area contributed by atoms with E-state index < -0.39 is 0 Å². The summed E-state index contributed by atoms with van der Waals surface area (Å²) in [5, 5.41) is 9.17. The molecule has 0 aliphatic heterocycles. The van der Waals surface area contributed by atoms with Gasteiger partial charge in [-0.2, -0.15) is 0 Å². The quantitative estimate of drug-likeness (QED) is 0.920. The predicted molar refractivity (Wildman–Crippen MR) is 76.1 cm³/mol. The van der Waals surface area contributed by atoms with E-state index in [4.69, 9.17) is 0 Å². The molecule has 3 nitrogen and oxygen atoms in total. The molecule has 0 amide bonds. The van der Waals surface area contributed by atoms with E-state index in [0.717, 1.165) is 29.1 Å². The number of aryl methyl sites for hydroxylation is 2. The standard InChI is InChI=1S/C14H18N2OS/c1-10-6-13(5-4-12(10)8-17)16(3)7-14-11(2)15-9-18-14/h4-6,9,17H,7-8H2,1-3H3. The van der Waals surface area contributed by atoms with Gasteiger partial charge in [-0.25, -0.2) is 4.98 Å². The smallest absolute Gasteiger partial charge is 0.0798 e. The van der Waals surface area contributed by atoms with E-state index in [0.29, 0.717) is 0 Å². The predicted octanol–water partition coefficient (Wildman–Crippen LogP) is 2.89. The van der Waals surface area contributed by atoms with Crippen molar-refractivity contribution in [3.63, 3.8) is 0 Å². The zero-order chi connectivity index (χ0) is 13.1. The molecule has 0 spiro atoms. The SMILES string of the molecule is Cc1cc(N(C)Cc2scnc2C)ccc1CO. The lowest BCUT2D eigenvalue weighted by atomic mass is 10.1. The van der Waals surface area contributed by atoms with Crippen LogP contribution in [0.1, 0.15) is 21.7 Å². The molecule has 0 saturated carbocycles. The van der Waals surface area contributed by atoms with Gasteiger partial charge >= 0.3 is 0 Å². The van der Waals surface area contributed by atoms with Gasteiger partial charge in [-0.05, 0) is 37.1 Å². The lowest BCUT2D eigenvalue weighted by Crippen LogP contribution is -2.16. The fourth-order valence-corrected chi connectivity index (χ4v) is 2.71. The van der Waals surface area contributed by atoms with Crippen molar-refractivity contribution in [1.29, 1.82) is 0 Å². The Morgan fingerprint density at radius 3 is 2.67 bits per heavy atom. The van der Waals surface area contributed by atoms with Gasteiger partial charge in [0.25, 0.3) is 0 Å². The second-order valence-corrected chi connectivity index (χ2v) is 5.43. The van der Waals surface area contributed by atoms with Crippen molar-refractivity contribution in [3.05, 3.63) is 45.4 Å². The van der Waals surface area contributed by atoms with Crippen molar-refractivity contribution in [3.8, 4) is 0 Å². The van der Waals surface area contributed by atoms with Gasteiger partial charge in [0.1, 0.15) is 0 Å². The second-order valence-electron chi connectivity index (χ2n) is 4.49. The van der Waals surface area contributed by atoms with E-state index in [9.17, 15) is 5.11 Å². The minimum absolute atomic E-state index is 0.101. The van der Waals surface area contributed by atoms with Crippen LogP contribution in [0.2, 0.25) is 0 Å². The Morgan fingerprint density at radius 1 is 1.33 bits per heavy atom. The number of hydrogen-bond acceptors (Lipinski definition) is 4. The van der Waals surface area contributed by atoms with Gasteiger partial charge in [0.05, 0.1) is 24.4 Å². The number of benzene rings is 1. The molecule has 4 heteroatoms. The molecule has 2 aromatic rings. The molecule has 1 heterocycles. The highest BCUT2D eigenvalue weighted by molar-refractivity contribution is 7.09. The van der Waals surface area contributed by atoms with Crippen molar-refractivity contribution in [1.82, 2.24) is 4.98 Å². The minimum atomic E-state index is 0.101. The Bertz CT molecular complexity index is 536. The van der Waals surface area contributed by atoms with Crippen molar-refractivity contribution in [2.75, 3.05) is 11.9 Å². The Balaban J connectivity index is 2.16. The van der Waals surface area contributed by atoms with Gasteiger partial charge in [-0.1, -0.05) is 6.07 Å². The van der Waals surface area contributed by atoms with Crippen LogP contribution in [-0.2, 0) is 13.2 Å². The van der Waals surface area contributed by atoms with Crippen LogP contribution in [0.25, 0.3) is 0 Å². The van der Waals surface area contributed by atoms with Crippen LogP contribution in [0.3, 0.4) is 0 Å². The topological polar surface area (TPSA) is 36.4 Å². The summed E-state index contributed by atoms with van der Waals surface area (Å²) in [6, 6.07) is 6.15. The van der Waals surface area contributed by atoms with Gasteiger partial charge in [0.2, 0.25) is 0 Å². The van der Waals surface area contributed by atoms with E-state index in [1.807, 2.05) is 25.4 Å². The number of aliphatic hydroxyl groups is 1. The summed E-state index contributed by atoms with van der Waals surface area (Å²) in [6.45, 7) is 5.04. The lowest BCUT2D eigenvalue weighted by molar-refractivity contribution is 0.281. The van der Waals surface area contributed by atoms with Gasteiger partial charge in [-0.15, -0.1) is 11.3 Å². The van der Waals surface area contributed by atoms with Gasteiger partial charge in [0.15, 0.2) is 0 Å². The molecule has 2 rings (SSSR count). The maximum atomic E-state index is 9.17. The third kappa shape index (κ3) is 2.71. The lowest BCUT2D eigenvalue weighted by Gasteiger charge is -2.20. The first-order chi connectivity index (χ1) is 8.61. The van der Waals surface area contributed by atoms with Crippen LogP contribution in [0.5, 0.6) is 0 Å². The summed E-state index contributed by atoms with van der Waals surface area (Å²) >= 11 is 1.69. The Morgan fingerprint density at radius 2 is 2.11 bits per heavy atom. The highest BCUT2D eigenvalue weighted by Gasteiger charge is 2.08. The van der Waals surface area contributed by atoms with Gasteiger partial charge in [-0.3, -0.25) is 0 Å². The van der Waals surface area contributed by atoms with Crippen LogP contribution in [0, 0.1) is 13.8 Å². The fraction of sp³-hybridized carbons (Fsp3) is 0.357. The van der Waals surface area contributed by atoms with Crippen LogP contribution < -0.4 is 4.90 Å². The van der Waals surface area contributed by atoms with Crippen molar-refractivity contribution >= 4 is 17.0 Å². The van der Waals surface area contributed by atoms with Crippen LogP contribution in [0.15, 0.2) is 23.7 Å². The van der Waals surface area contributed by atoms with Gasteiger partial charge in [0, 0.05) is 17.6 Å². The van der Waals surface area contributed by atoms with E-state index >= 15 is 0 Å². The summed E-state index contributed by atoms with van der Waals surface area (Å²) in [7, 11) is 2.08. The number of aromatic nitrogens is 1. The summed E-state index contributed by atoms with van der Waals surface area (Å²) in [5.74, 6) is 0. The third-order valence-corrected chi connectivity index (χ3v) is 4.08. The largest absolute Gasteiger partial charge is 0.392 e. The number of rotatable bonds is 4. The van der Waals surface area contributed by atoms with E-state index in [1.165, 1.54) is 4.88 Å². The molecule has 1 aromatic heterocycles. The molecular formula is C14H18N2OS. The maximum absolute atomic E-state index is 9.17. The summed E-state index contributed by atoms with van der Waals surface area (Å²) < 4.78 is 0. The molecule has 96 valence electrons. The fourth-order valence-electron chi connectivity index (χ4n) is 1.88. The van der Waals surface area contributed by atoms with Crippen molar-refractivity contribution in [2.45, 2.75) is 27.0 Å². The number of hydrogen-bond donors (Lipinski definition) is 1. The molecule has 0 fully saturated rings. The summed E-state index contributed by atoms with van der Waals surface area (Å²) in [5.41, 5.74) is 6.27. The highest BCUT2D eigenvalue weighted by atomic mass is 32.1. The van der Waals surface area contributed by atoms with E-state index in [-0.39, 0.29) is 6.61 Å². The zero-order valence-electron chi connectivity index (χ0n) is 11.0. The van der Waals surface area contributed by atoms with Crippen LogP contribution >= 0.6 is 11.3 Å². The molecule has 0 unspecified atom stereocenters. The molecule has 0 radical (unpaired) electrons. The number of thiazole rings is 1. The zero-order valence-corrected chi connectivity index (χ0v) is 11.8. The number of anilines is 1. The average molecular weight is 262 g/mol.